The van der Waals surface area contributed by atoms with Crippen LogP contribution in [0.15, 0.2) is 48.5 Å². The molecule has 1 aliphatic rings. The number of nitrogens with one attached hydrogen (secondary N) is 1. The number of likely N-dealkylation sites (tertiary alicyclic amines) is 1. The molecule has 3 rings (SSSR count). The van der Waals surface area contributed by atoms with Crippen molar-refractivity contribution in [2.24, 2.45) is 5.73 Å². The lowest BCUT2D eigenvalue weighted by molar-refractivity contribution is -0.120. The quantitative estimate of drug-likeness (QED) is 0.785. The van der Waals surface area contributed by atoms with Crippen molar-refractivity contribution in [2.75, 3.05) is 18.4 Å². The van der Waals surface area contributed by atoms with Crippen LogP contribution < -0.4 is 11.1 Å². The van der Waals surface area contributed by atoms with E-state index in [2.05, 4.69) is 42.3 Å². The largest absolute Gasteiger partial charge is 0.326 e. The molecule has 1 heterocycles. The fourth-order valence-corrected chi connectivity index (χ4v) is 3.97. The molecule has 0 aromatic heterocycles. The number of nitrogens with two attached hydrogens (primary N) is 1. The number of anilines is 1. The standard InChI is InChI=1S/C23H31N3O.ClH/c1-15(2)19-12-8-9-16(3)22(19)25-23(27)17(4)26-13-20(21(24)14-26)18-10-6-5-7-11-18;/h5-12,15,17,20-21H,13-14,24H2,1-4H3,(H,25,27);1H/t17?,20-,21+;/m0./s1. The predicted octanol–water partition coefficient (Wildman–Crippen LogP) is 4.29. The van der Waals surface area contributed by atoms with Crippen LogP contribution in [0.2, 0.25) is 0 Å². The second kappa shape index (κ2) is 9.55. The SMILES string of the molecule is Cc1cccc(C(C)C)c1NC(=O)C(C)N1C[C@@H](N)[C@H](c2ccccc2)C1.Cl. The van der Waals surface area contributed by atoms with Gasteiger partial charge in [0.2, 0.25) is 5.91 Å². The van der Waals surface area contributed by atoms with Crippen LogP contribution >= 0.6 is 12.4 Å². The lowest BCUT2D eigenvalue weighted by atomic mass is 9.95. The van der Waals surface area contributed by atoms with E-state index in [0.29, 0.717) is 5.92 Å². The number of para-hydroxylation sites is 1. The summed E-state index contributed by atoms with van der Waals surface area (Å²) in [5.74, 6) is 0.663. The van der Waals surface area contributed by atoms with Crippen LogP contribution in [0.25, 0.3) is 0 Å². The molecule has 1 saturated heterocycles. The van der Waals surface area contributed by atoms with Gasteiger partial charge in [-0.1, -0.05) is 62.4 Å². The summed E-state index contributed by atoms with van der Waals surface area (Å²) in [6.07, 6.45) is 0. The maximum atomic E-state index is 13.0. The number of amides is 1. The van der Waals surface area contributed by atoms with Gasteiger partial charge in [0.15, 0.2) is 0 Å². The van der Waals surface area contributed by atoms with Crippen molar-refractivity contribution in [3.8, 4) is 0 Å². The van der Waals surface area contributed by atoms with Crippen molar-refractivity contribution < 1.29 is 4.79 Å². The zero-order chi connectivity index (χ0) is 19.6. The van der Waals surface area contributed by atoms with Gasteiger partial charge in [-0.2, -0.15) is 0 Å². The third-order valence-electron chi connectivity index (χ3n) is 5.72. The van der Waals surface area contributed by atoms with Crippen LogP contribution in [0.1, 0.15) is 49.3 Å². The maximum absolute atomic E-state index is 13.0. The first-order valence-electron chi connectivity index (χ1n) is 9.83. The minimum atomic E-state index is -0.218. The van der Waals surface area contributed by atoms with Crippen LogP contribution in [-0.2, 0) is 4.79 Å². The smallest absolute Gasteiger partial charge is 0.241 e. The van der Waals surface area contributed by atoms with E-state index >= 15 is 0 Å². The summed E-state index contributed by atoms with van der Waals surface area (Å²) in [4.78, 5) is 15.2. The molecule has 4 nitrogen and oxygen atoms in total. The van der Waals surface area contributed by atoms with Crippen molar-refractivity contribution in [3.05, 3.63) is 65.2 Å². The molecule has 28 heavy (non-hydrogen) atoms. The Balaban J connectivity index is 0.00000280. The average molecular weight is 402 g/mol. The van der Waals surface area contributed by atoms with E-state index in [-0.39, 0.29) is 36.3 Å². The Morgan fingerprint density at radius 3 is 2.39 bits per heavy atom. The van der Waals surface area contributed by atoms with Crippen molar-refractivity contribution >= 4 is 24.0 Å². The van der Waals surface area contributed by atoms with E-state index in [4.69, 9.17) is 5.73 Å². The summed E-state index contributed by atoms with van der Waals surface area (Å²) in [5.41, 5.74) is 10.9. The highest BCUT2D eigenvalue weighted by Gasteiger charge is 2.35. The second-order valence-electron chi connectivity index (χ2n) is 7.99. The topological polar surface area (TPSA) is 58.4 Å². The normalized spacial score (nSPS) is 20.6. The fourth-order valence-electron chi connectivity index (χ4n) is 3.97. The second-order valence-corrected chi connectivity index (χ2v) is 7.99. The molecule has 0 saturated carbocycles. The number of aryl methyl sites for hydroxylation is 1. The van der Waals surface area contributed by atoms with Gasteiger partial charge in [0, 0.05) is 30.7 Å². The van der Waals surface area contributed by atoms with Crippen molar-refractivity contribution in [1.82, 2.24) is 4.90 Å². The first kappa shape index (κ1) is 22.4. The Labute approximate surface area is 174 Å². The van der Waals surface area contributed by atoms with Crippen LogP contribution in [0.5, 0.6) is 0 Å². The summed E-state index contributed by atoms with van der Waals surface area (Å²) in [6.45, 7) is 9.87. The van der Waals surface area contributed by atoms with E-state index in [9.17, 15) is 4.79 Å². The van der Waals surface area contributed by atoms with E-state index in [0.717, 1.165) is 24.3 Å². The average Bonchev–Trinajstić information content (AvgIpc) is 3.04. The van der Waals surface area contributed by atoms with Crippen molar-refractivity contribution in [1.29, 1.82) is 0 Å². The summed E-state index contributed by atoms with van der Waals surface area (Å²) >= 11 is 0. The van der Waals surface area contributed by atoms with Gasteiger partial charge in [-0.05, 0) is 36.5 Å². The molecule has 0 spiro atoms. The van der Waals surface area contributed by atoms with Gasteiger partial charge in [0.25, 0.3) is 0 Å². The van der Waals surface area contributed by atoms with Gasteiger partial charge in [-0.15, -0.1) is 12.4 Å². The monoisotopic (exact) mass is 401 g/mol. The van der Waals surface area contributed by atoms with Crippen molar-refractivity contribution in [3.63, 3.8) is 0 Å². The lowest BCUT2D eigenvalue weighted by Crippen LogP contribution is -2.42. The highest BCUT2D eigenvalue weighted by molar-refractivity contribution is 5.96. The number of halogens is 1. The molecular formula is C23H32ClN3O. The Morgan fingerprint density at radius 1 is 1.07 bits per heavy atom. The van der Waals surface area contributed by atoms with Crippen LogP contribution in [0, 0.1) is 6.92 Å². The highest BCUT2D eigenvalue weighted by atomic mass is 35.5. The number of rotatable bonds is 5. The van der Waals surface area contributed by atoms with E-state index in [1.54, 1.807) is 0 Å². The van der Waals surface area contributed by atoms with Gasteiger partial charge in [0.05, 0.1) is 6.04 Å². The number of hydrogen-bond acceptors (Lipinski definition) is 3. The molecule has 152 valence electrons. The minimum Gasteiger partial charge on any atom is -0.326 e. The molecule has 0 aliphatic carbocycles. The third kappa shape index (κ3) is 4.75. The van der Waals surface area contributed by atoms with E-state index in [1.165, 1.54) is 11.1 Å². The molecule has 5 heteroatoms. The predicted molar refractivity (Wildman–Crippen MR) is 119 cm³/mol. The van der Waals surface area contributed by atoms with Gasteiger partial charge >= 0.3 is 0 Å². The summed E-state index contributed by atoms with van der Waals surface area (Å²) in [6, 6.07) is 16.4. The molecule has 1 aliphatic heterocycles. The van der Waals surface area contributed by atoms with Crippen LogP contribution in [0.4, 0.5) is 5.69 Å². The van der Waals surface area contributed by atoms with Gasteiger partial charge in [0.1, 0.15) is 0 Å². The highest BCUT2D eigenvalue weighted by Crippen LogP contribution is 2.30. The molecule has 0 bridgehead atoms. The molecule has 2 aromatic carbocycles. The van der Waals surface area contributed by atoms with Gasteiger partial charge < -0.3 is 11.1 Å². The summed E-state index contributed by atoms with van der Waals surface area (Å²) in [7, 11) is 0. The van der Waals surface area contributed by atoms with Gasteiger partial charge in [-0.25, -0.2) is 0 Å². The van der Waals surface area contributed by atoms with Crippen molar-refractivity contribution in [2.45, 2.75) is 51.6 Å². The number of nitrogens with zero attached hydrogens (tertiary/aromatic N) is 1. The van der Waals surface area contributed by atoms with E-state index < -0.39 is 0 Å². The molecule has 3 atom stereocenters. The molecule has 2 aromatic rings. The van der Waals surface area contributed by atoms with Crippen LogP contribution in [-0.4, -0.2) is 36.0 Å². The first-order chi connectivity index (χ1) is 12.9. The molecule has 0 radical (unpaired) electrons. The molecule has 3 N–H and O–H groups in total. The molecule has 1 fully saturated rings. The zero-order valence-corrected chi connectivity index (χ0v) is 18.0. The Kier molecular flexibility index (Phi) is 7.64. The van der Waals surface area contributed by atoms with Crippen LogP contribution in [0.3, 0.4) is 0 Å². The molecular weight excluding hydrogens is 370 g/mol. The maximum Gasteiger partial charge on any atom is 0.241 e. The Hall–Kier alpha value is -1.88. The third-order valence-corrected chi connectivity index (χ3v) is 5.72. The number of carbonyl (C=O) groups excluding carboxylic acids is 1. The first-order valence-corrected chi connectivity index (χ1v) is 9.83. The fraction of sp³-hybridized carbons (Fsp3) is 0.435. The number of carbonyl (C=O) groups is 1. The summed E-state index contributed by atoms with van der Waals surface area (Å²) < 4.78 is 0. The Bertz CT molecular complexity index is 794. The molecule has 1 amide bonds. The van der Waals surface area contributed by atoms with E-state index in [1.807, 2.05) is 44.2 Å². The lowest BCUT2D eigenvalue weighted by Gasteiger charge is -2.25. The Morgan fingerprint density at radius 2 is 1.75 bits per heavy atom. The molecule has 1 unspecified atom stereocenters. The number of benzene rings is 2. The minimum absolute atomic E-state index is 0. The zero-order valence-electron chi connectivity index (χ0n) is 17.2. The number of hydrogen-bond donors (Lipinski definition) is 2. The summed E-state index contributed by atoms with van der Waals surface area (Å²) in [5, 5.41) is 3.18. The van der Waals surface area contributed by atoms with Gasteiger partial charge in [-0.3, -0.25) is 9.69 Å².